The number of aryl methyl sites for hydroxylation is 1. The monoisotopic (exact) mass is 278 g/mol. The first kappa shape index (κ1) is 16.5. The third-order valence-corrected chi connectivity index (χ3v) is 3.29. The standard InChI is InChI=1S/C16H26N2O2/c1-5-7-12(3)18-16(19)13(4)20-15-11(2)8-6-9-14(15)10-17/h6,8-9,12-13H,5,7,10,17H2,1-4H3,(H,18,19). The summed E-state index contributed by atoms with van der Waals surface area (Å²) in [6, 6.07) is 5.99. The van der Waals surface area contributed by atoms with Crippen LogP contribution in [0, 0.1) is 6.92 Å². The summed E-state index contributed by atoms with van der Waals surface area (Å²) in [5, 5.41) is 2.96. The van der Waals surface area contributed by atoms with Crippen molar-refractivity contribution in [1.82, 2.24) is 5.32 Å². The van der Waals surface area contributed by atoms with Gasteiger partial charge in [-0.15, -0.1) is 0 Å². The van der Waals surface area contributed by atoms with Crippen molar-refractivity contribution >= 4 is 5.91 Å². The van der Waals surface area contributed by atoms with Crippen molar-refractivity contribution in [2.75, 3.05) is 0 Å². The second-order valence-corrected chi connectivity index (χ2v) is 5.23. The van der Waals surface area contributed by atoms with Crippen LogP contribution in [0.2, 0.25) is 0 Å². The Morgan fingerprint density at radius 3 is 2.70 bits per heavy atom. The highest BCUT2D eigenvalue weighted by Crippen LogP contribution is 2.24. The Balaban J connectivity index is 2.70. The van der Waals surface area contributed by atoms with Crippen LogP contribution in [0.4, 0.5) is 0 Å². The number of benzene rings is 1. The number of hydrogen-bond donors (Lipinski definition) is 2. The van der Waals surface area contributed by atoms with E-state index in [0.717, 1.165) is 29.7 Å². The van der Waals surface area contributed by atoms with E-state index >= 15 is 0 Å². The molecular weight excluding hydrogens is 252 g/mol. The minimum Gasteiger partial charge on any atom is -0.480 e. The number of carbonyl (C=O) groups is 1. The van der Waals surface area contributed by atoms with Gasteiger partial charge in [-0.1, -0.05) is 31.5 Å². The van der Waals surface area contributed by atoms with E-state index in [9.17, 15) is 4.79 Å². The normalized spacial score (nSPS) is 13.7. The largest absolute Gasteiger partial charge is 0.480 e. The van der Waals surface area contributed by atoms with Gasteiger partial charge in [-0.05, 0) is 32.8 Å². The fourth-order valence-electron chi connectivity index (χ4n) is 2.14. The summed E-state index contributed by atoms with van der Waals surface area (Å²) < 4.78 is 5.82. The third kappa shape index (κ3) is 4.53. The lowest BCUT2D eigenvalue weighted by molar-refractivity contribution is -0.127. The van der Waals surface area contributed by atoms with Gasteiger partial charge in [0.2, 0.25) is 0 Å². The smallest absolute Gasteiger partial charge is 0.260 e. The first-order valence-corrected chi connectivity index (χ1v) is 7.25. The summed E-state index contributed by atoms with van der Waals surface area (Å²) in [7, 11) is 0. The lowest BCUT2D eigenvalue weighted by Crippen LogP contribution is -2.41. The molecule has 0 aromatic heterocycles. The van der Waals surface area contributed by atoms with Crippen LogP contribution in [0.1, 0.15) is 44.7 Å². The number of rotatable bonds is 7. The van der Waals surface area contributed by atoms with E-state index in [-0.39, 0.29) is 11.9 Å². The zero-order valence-corrected chi connectivity index (χ0v) is 12.9. The van der Waals surface area contributed by atoms with Gasteiger partial charge in [0.1, 0.15) is 5.75 Å². The minimum atomic E-state index is -0.527. The van der Waals surface area contributed by atoms with Gasteiger partial charge in [0.15, 0.2) is 6.10 Å². The first-order chi connectivity index (χ1) is 9.49. The molecule has 0 spiro atoms. The number of carbonyl (C=O) groups excluding carboxylic acids is 1. The highest BCUT2D eigenvalue weighted by atomic mass is 16.5. The van der Waals surface area contributed by atoms with Crippen molar-refractivity contribution in [2.24, 2.45) is 5.73 Å². The topological polar surface area (TPSA) is 64.3 Å². The number of nitrogens with one attached hydrogen (secondary N) is 1. The Morgan fingerprint density at radius 2 is 2.10 bits per heavy atom. The molecule has 0 aliphatic carbocycles. The van der Waals surface area contributed by atoms with Gasteiger partial charge in [-0.2, -0.15) is 0 Å². The Bertz CT molecular complexity index is 446. The van der Waals surface area contributed by atoms with Gasteiger partial charge in [-0.25, -0.2) is 0 Å². The van der Waals surface area contributed by atoms with E-state index in [0.29, 0.717) is 6.54 Å². The van der Waals surface area contributed by atoms with E-state index < -0.39 is 6.10 Å². The SMILES string of the molecule is CCCC(C)NC(=O)C(C)Oc1c(C)cccc1CN. The molecule has 3 N–H and O–H groups in total. The predicted octanol–water partition coefficient (Wildman–Crippen LogP) is 2.53. The average molecular weight is 278 g/mol. The van der Waals surface area contributed by atoms with Crippen molar-refractivity contribution < 1.29 is 9.53 Å². The van der Waals surface area contributed by atoms with E-state index in [1.807, 2.05) is 32.0 Å². The van der Waals surface area contributed by atoms with Crippen LogP contribution in [-0.4, -0.2) is 18.1 Å². The quantitative estimate of drug-likeness (QED) is 0.805. The molecule has 2 unspecified atom stereocenters. The molecule has 0 radical (unpaired) electrons. The van der Waals surface area contributed by atoms with E-state index in [4.69, 9.17) is 10.5 Å². The molecule has 0 fully saturated rings. The summed E-state index contributed by atoms with van der Waals surface area (Å²) in [5.41, 5.74) is 7.63. The van der Waals surface area contributed by atoms with Crippen molar-refractivity contribution in [3.05, 3.63) is 29.3 Å². The molecule has 0 bridgehead atoms. The Hall–Kier alpha value is -1.55. The molecule has 1 rings (SSSR count). The molecule has 4 nitrogen and oxygen atoms in total. The third-order valence-electron chi connectivity index (χ3n) is 3.29. The molecule has 0 saturated heterocycles. The number of para-hydroxylation sites is 1. The molecule has 0 saturated carbocycles. The maximum absolute atomic E-state index is 12.1. The maximum atomic E-state index is 12.1. The zero-order valence-electron chi connectivity index (χ0n) is 12.9. The molecule has 0 aliphatic heterocycles. The van der Waals surface area contributed by atoms with Crippen molar-refractivity contribution in [2.45, 2.75) is 59.2 Å². The van der Waals surface area contributed by atoms with Gasteiger partial charge in [-0.3, -0.25) is 4.79 Å². The summed E-state index contributed by atoms with van der Waals surface area (Å²) in [5.74, 6) is 0.637. The molecule has 112 valence electrons. The van der Waals surface area contributed by atoms with Gasteiger partial charge >= 0.3 is 0 Å². The summed E-state index contributed by atoms with van der Waals surface area (Å²) in [6.07, 6.45) is 1.49. The summed E-state index contributed by atoms with van der Waals surface area (Å²) in [4.78, 5) is 12.1. The van der Waals surface area contributed by atoms with Gasteiger partial charge in [0, 0.05) is 18.2 Å². The number of amides is 1. The Kier molecular flexibility index (Phi) is 6.52. The van der Waals surface area contributed by atoms with Gasteiger partial charge in [0.25, 0.3) is 5.91 Å². The summed E-state index contributed by atoms with van der Waals surface area (Å²) >= 11 is 0. The summed E-state index contributed by atoms with van der Waals surface area (Å²) in [6.45, 7) is 8.23. The lowest BCUT2D eigenvalue weighted by atomic mass is 10.1. The second kappa shape index (κ2) is 7.90. The minimum absolute atomic E-state index is 0.0859. The van der Waals surface area contributed by atoms with E-state index in [1.165, 1.54) is 0 Å². The van der Waals surface area contributed by atoms with Crippen molar-refractivity contribution in [3.63, 3.8) is 0 Å². The molecule has 2 atom stereocenters. The predicted molar refractivity (Wildman–Crippen MR) is 81.7 cm³/mol. The zero-order chi connectivity index (χ0) is 15.1. The molecular formula is C16H26N2O2. The Labute approximate surface area is 121 Å². The van der Waals surface area contributed by atoms with Gasteiger partial charge < -0.3 is 15.8 Å². The fourth-order valence-corrected chi connectivity index (χ4v) is 2.14. The van der Waals surface area contributed by atoms with Crippen LogP contribution < -0.4 is 15.8 Å². The molecule has 1 aromatic rings. The highest BCUT2D eigenvalue weighted by molar-refractivity contribution is 5.81. The number of hydrogen-bond acceptors (Lipinski definition) is 3. The molecule has 20 heavy (non-hydrogen) atoms. The van der Waals surface area contributed by atoms with Crippen LogP contribution in [0.3, 0.4) is 0 Å². The fraction of sp³-hybridized carbons (Fsp3) is 0.562. The van der Waals surface area contributed by atoms with Crippen LogP contribution in [-0.2, 0) is 11.3 Å². The molecule has 4 heteroatoms. The van der Waals surface area contributed by atoms with Crippen LogP contribution in [0.5, 0.6) is 5.75 Å². The first-order valence-electron chi connectivity index (χ1n) is 7.25. The number of ether oxygens (including phenoxy) is 1. The maximum Gasteiger partial charge on any atom is 0.260 e. The van der Waals surface area contributed by atoms with Crippen molar-refractivity contribution in [3.8, 4) is 5.75 Å². The van der Waals surface area contributed by atoms with Crippen LogP contribution in [0.25, 0.3) is 0 Å². The van der Waals surface area contributed by atoms with Gasteiger partial charge in [0.05, 0.1) is 0 Å². The van der Waals surface area contributed by atoms with Crippen molar-refractivity contribution in [1.29, 1.82) is 0 Å². The van der Waals surface area contributed by atoms with E-state index in [1.54, 1.807) is 6.92 Å². The second-order valence-electron chi connectivity index (χ2n) is 5.23. The lowest BCUT2D eigenvalue weighted by Gasteiger charge is -2.20. The molecule has 1 amide bonds. The van der Waals surface area contributed by atoms with E-state index in [2.05, 4.69) is 12.2 Å². The Morgan fingerprint density at radius 1 is 1.40 bits per heavy atom. The molecule has 1 aromatic carbocycles. The molecule has 0 heterocycles. The average Bonchev–Trinajstić information content (AvgIpc) is 2.41. The molecule has 0 aliphatic rings. The highest BCUT2D eigenvalue weighted by Gasteiger charge is 2.18. The van der Waals surface area contributed by atoms with Crippen LogP contribution in [0.15, 0.2) is 18.2 Å². The number of nitrogens with two attached hydrogens (primary N) is 1. The van der Waals surface area contributed by atoms with Crippen LogP contribution >= 0.6 is 0 Å².